The van der Waals surface area contributed by atoms with Crippen LogP contribution in [0.4, 0.5) is 0 Å². The fourth-order valence-corrected chi connectivity index (χ4v) is 2.34. The van der Waals surface area contributed by atoms with Crippen LogP contribution in [0.15, 0.2) is 48.5 Å². The Morgan fingerprint density at radius 2 is 1.90 bits per heavy atom. The number of hydrogen-bond donors (Lipinski definition) is 0. The van der Waals surface area contributed by atoms with Gasteiger partial charge in [-0.05, 0) is 24.3 Å². The quantitative estimate of drug-likeness (QED) is 0.729. The van der Waals surface area contributed by atoms with Crippen LogP contribution in [0, 0.1) is 11.3 Å². The summed E-state index contributed by atoms with van der Waals surface area (Å²) in [7, 11) is 1.64. The van der Waals surface area contributed by atoms with Gasteiger partial charge in [-0.3, -0.25) is 0 Å². The predicted octanol–water partition coefficient (Wildman–Crippen LogP) is 3.24. The van der Waals surface area contributed by atoms with Gasteiger partial charge in [-0.25, -0.2) is 4.98 Å². The average molecular weight is 263 g/mol. The molecular formula is C16H13N3O. The molecule has 0 aliphatic rings. The van der Waals surface area contributed by atoms with Gasteiger partial charge in [0.1, 0.15) is 18.1 Å². The lowest BCUT2D eigenvalue weighted by atomic mass is 10.2. The maximum Gasteiger partial charge on any atom is 0.145 e. The van der Waals surface area contributed by atoms with Crippen LogP contribution >= 0.6 is 0 Å². The molecule has 1 aromatic heterocycles. The van der Waals surface area contributed by atoms with Gasteiger partial charge in [0, 0.05) is 0 Å². The third-order valence-corrected chi connectivity index (χ3v) is 3.23. The maximum absolute atomic E-state index is 9.07. The normalized spacial score (nSPS) is 10.4. The molecule has 0 radical (unpaired) electrons. The van der Waals surface area contributed by atoms with Gasteiger partial charge in [-0.15, -0.1) is 0 Å². The van der Waals surface area contributed by atoms with Crippen molar-refractivity contribution < 1.29 is 4.74 Å². The van der Waals surface area contributed by atoms with Gasteiger partial charge in [0.25, 0.3) is 0 Å². The average Bonchev–Trinajstić information content (AvgIpc) is 2.86. The Bertz CT molecular complexity index is 799. The van der Waals surface area contributed by atoms with E-state index in [0.29, 0.717) is 0 Å². The molecule has 0 aliphatic carbocycles. The summed E-state index contributed by atoms with van der Waals surface area (Å²) in [6.45, 7) is 0.258. The minimum Gasteiger partial charge on any atom is -0.496 e. The first-order valence-electron chi connectivity index (χ1n) is 6.30. The number of fused-ring (bicyclic) bond motifs is 1. The van der Waals surface area contributed by atoms with E-state index in [1.165, 1.54) is 0 Å². The van der Waals surface area contributed by atoms with Crippen LogP contribution in [0.1, 0.15) is 0 Å². The van der Waals surface area contributed by atoms with Gasteiger partial charge < -0.3 is 9.30 Å². The van der Waals surface area contributed by atoms with Crippen LogP contribution in [0.3, 0.4) is 0 Å². The van der Waals surface area contributed by atoms with Gasteiger partial charge in [0.05, 0.1) is 29.8 Å². The van der Waals surface area contributed by atoms with E-state index in [9.17, 15) is 0 Å². The Hall–Kier alpha value is -2.80. The van der Waals surface area contributed by atoms with Crippen molar-refractivity contribution in [3.05, 3.63) is 48.5 Å². The first kappa shape index (κ1) is 12.2. The summed E-state index contributed by atoms with van der Waals surface area (Å²) in [5.41, 5.74) is 2.72. The zero-order valence-corrected chi connectivity index (χ0v) is 11.1. The lowest BCUT2D eigenvalue weighted by Crippen LogP contribution is -2.00. The van der Waals surface area contributed by atoms with Crippen molar-refractivity contribution in [2.45, 2.75) is 6.54 Å². The molecule has 1 heterocycles. The highest BCUT2D eigenvalue weighted by Crippen LogP contribution is 2.31. The fraction of sp³-hybridized carbons (Fsp3) is 0.125. The molecule has 3 aromatic rings. The van der Waals surface area contributed by atoms with E-state index < -0.39 is 0 Å². The summed E-state index contributed by atoms with van der Waals surface area (Å²) < 4.78 is 7.30. The zero-order chi connectivity index (χ0) is 13.9. The summed E-state index contributed by atoms with van der Waals surface area (Å²) in [5.74, 6) is 1.51. The van der Waals surface area contributed by atoms with E-state index >= 15 is 0 Å². The first-order chi connectivity index (χ1) is 9.85. The molecule has 4 nitrogen and oxygen atoms in total. The standard InChI is InChI=1S/C16H13N3O/c1-20-15-9-5-2-6-12(15)16-18-13-7-3-4-8-14(13)19(16)11-10-17/h2-9H,11H2,1H3. The van der Waals surface area contributed by atoms with Gasteiger partial charge >= 0.3 is 0 Å². The lowest BCUT2D eigenvalue weighted by molar-refractivity contribution is 0.416. The third kappa shape index (κ3) is 1.90. The Morgan fingerprint density at radius 3 is 2.70 bits per heavy atom. The van der Waals surface area contributed by atoms with Crippen molar-refractivity contribution in [3.8, 4) is 23.2 Å². The molecule has 0 bridgehead atoms. The molecule has 2 aromatic carbocycles. The highest BCUT2D eigenvalue weighted by Gasteiger charge is 2.15. The van der Waals surface area contributed by atoms with Gasteiger partial charge in [-0.2, -0.15) is 5.26 Å². The van der Waals surface area contributed by atoms with E-state index in [4.69, 9.17) is 10.00 Å². The van der Waals surface area contributed by atoms with E-state index in [-0.39, 0.29) is 6.54 Å². The molecule has 4 heteroatoms. The van der Waals surface area contributed by atoms with E-state index in [1.807, 2.05) is 53.1 Å². The number of ether oxygens (including phenoxy) is 1. The molecule has 0 N–H and O–H groups in total. The molecular weight excluding hydrogens is 250 g/mol. The number of aromatic nitrogens is 2. The molecule has 0 saturated carbocycles. The number of methoxy groups -OCH3 is 1. The van der Waals surface area contributed by atoms with Crippen LogP contribution < -0.4 is 4.74 Å². The van der Waals surface area contributed by atoms with Crippen molar-refractivity contribution in [3.63, 3.8) is 0 Å². The second kappa shape index (κ2) is 5.06. The topological polar surface area (TPSA) is 50.8 Å². The number of rotatable bonds is 3. The molecule has 0 atom stereocenters. The molecule has 98 valence electrons. The van der Waals surface area contributed by atoms with Gasteiger partial charge in [0.2, 0.25) is 0 Å². The van der Waals surface area contributed by atoms with Crippen molar-refractivity contribution in [2.75, 3.05) is 7.11 Å². The van der Waals surface area contributed by atoms with Crippen LogP contribution in [-0.2, 0) is 6.54 Å². The molecule has 0 aliphatic heterocycles. The Labute approximate surface area is 116 Å². The molecule has 0 spiro atoms. The minimum absolute atomic E-state index is 0.258. The number of benzene rings is 2. The third-order valence-electron chi connectivity index (χ3n) is 3.23. The molecule has 0 unspecified atom stereocenters. The second-order valence-electron chi connectivity index (χ2n) is 4.37. The number of nitriles is 1. The van der Waals surface area contributed by atoms with E-state index in [1.54, 1.807) is 7.11 Å². The second-order valence-corrected chi connectivity index (χ2v) is 4.37. The van der Waals surface area contributed by atoms with Crippen molar-refractivity contribution in [2.24, 2.45) is 0 Å². The SMILES string of the molecule is COc1ccccc1-c1nc2ccccc2n1CC#N. The van der Waals surface area contributed by atoms with Crippen molar-refractivity contribution in [1.82, 2.24) is 9.55 Å². The smallest absolute Gasteiger partial charge is 0.145 e. The Morgan fingerprint density at radius 1 is 1.15 bits per heavy atom. The maximum atomic E-state index is 9.07. The van der Waals surface area contributed by atoms with Crippen LogP contribution in [0.2, 0.25) is 0 Å². The van der Waals surface area contributed by atoms with Crippen LogP contribution in [-0.4, -0.2) is 16.7 Å². The summed E-state index contributed by atoms with van der Waals surface area (Å²) in [5, 5.41) is 9.07. The molecule has 0 saturated heterocycles. The summed E-state index contributed by atoms with van der Waals surface area (Å²) in [6, 6.07) is 17.7. The zero-order valence-electron chi connectivity index (χ0n) is 11.1. The number of hydrogen-bond acceptors (Lipinski definition) is 3. The summed E-state index contributed by atoms with van der Waals surface area (Å²) >= 11 is 0. The van der Waals surface area contributed by atoms with Crippen molar-refractivity contribution in [1.29, 1.82) is 5.26 Å². The summed E-state index contributed by atoms with van der Waals surface area (Å²) in [4.78, 5) is 4.64. The van der Waals surface area contributed by atoms with Crippen molar-refractivity contribution >= 4 is 11.0 Å². The predicted molar refractivity (Wildman–Crippen MR) is 77.3 cm³/mol. The monoisotopic (exact) mass is 263 g/mol. The minimum atomic E-state index is 0.258. The van der Waals surface area contributed by atoms with E-state index in [0.717, 1.165) is 28.2 Å². The molecule has 3 rings (SSSR count). The van der Waals surface area contributed by atoms with Gasteiger partial charge in [-0.1, -0.05) is 24.3 Å². The Kier molecular flexibility index (Phi) is 3.10. The highest BCUT2D eigenvalue weighted by molar-refractivity contribution is 5.82. The number of nitrogens with zero attached hydrogens (tertiary/aromatic N) is 3. The van der Waals surface area contributed by atoms with Crippen LogP contribution in [0.25, 0.3) is 22.4 Å². The van der Waals surface area contributed by atoms with E-state index in [2.05, 4.69) is 11.1 Å². The summed E-state index contributed by atoms with van der Waals surface area (Å²) in [6.07, 6.45) is 0. The molecule has 0 amide bonds. The fourth-order valence-electron chi connectivity index (χ4n) is 2.34. The number of imidazole rings is 1. The molecule has 20 heavy (non-hydrogen) atoms. The van der Waals surface area contributed by atoms with Gasteiger partial charge in [0.15, 0.2) is 0 Å². The number of para-hydroxylation sites is 3. The first-order valence-corrected chi connectivity index (χ1v) is 6.30. The van der Waals surface area contributed by atoms with Crippen LogP contribution in [0.5, 0.6) is 5.75 Å². The largest absolute Gasteiger partial charge is 0.496 e. The Balaban J connectivity index is 2.30. The highest BCUT2D eigenvalue weighted by atomic mass is 16.5. The lowest BCUT2D eigenvalue weighted by Gasteiger charge is -2.09. The molecule has 0 fully saturated rings.